The maximum absolute atomic E-state index is 12.5. The molecule has 1 amide bonds. The Morgan fingerprint density at radius 1 is 0.365 bits per heavy atom. The Labute approximate surface area is 463 Å². The highest BCUT2D eigenvalue weighted by molar-refractivity contribution is 5.76. The van der Waals surface area contributed by atoms with E-state index in [9.17, 15) is 19.8 Å². The number of aliphatic hydroxyl groups excluding tert-OH is 2. The molecular weight excluding hydrogens is 911 g/mol. The zero-order chi connectivity index (χ0) is 53.6. The van der Waals surface area contributed by atoms with Crippen molar-refractivity contribution in [2.24, 2.45) is 0 Å². The van der Waals surface area contributed by atoms with Crippen LogP contribution in [0, 0.1) is 0 Å². The Hall–Kier alpha value is -1.40. The zero-order valence-corrected chi connectivity index (χ0v) is 50.4. The van der Waals surface area contributed by atoms with E-state index in [1.54, 1.807) is 0 Å². The smallest absolute Gasteiger partial charge is 0.305 e. The third-order valence-corrected chi connectivity index (χ3v) is 16.1. The predicted molar refractivity (Wildman–Crippen MR) is 324 cm³/mol. The summed E-state index contributed by atoms with van der Waals surface area (Å²) in [6.07, 6.45) is 78.3. The molecular formula is C68H133NO5. The van der Waals surface area contributed by atoms with Crippen LogP contribution in [-0.4, -0.2) is 47.4 Å². The fraction of sp³-hybridized carbons (Fsp3) is 0.941. The van der Waals surface area contributed by atoms with Crippen LogP contribution in [-0.2, 0) is 14.3 Å². The molecule has 0 radical (unpaired) electrons. The first kappa shape index (κ1) is 72.6. The summed E-state index contributed by atoms with van der Waals surface area (Å²) >= 11 is 0. The number of unbranched alkanes of at least 4 members (excludes halogenated alkanes) is 51. The number of aliphatic hydroxyl groups is 2. The van der Waals surface area contributed by atoms with Crippen LogP contribution in [0.5, 0.6) is 0 Å². The van der Waals surface area contributed by atoms with Crippen LogP contribution in [0.25, 0.3) is 0 Å². The van der Waals surface area contributed by atoms with E-state index < -0.39 is 12.1 Å². The van der Waals surface area contributed by atoms with Gasteiger partial charge in [0.05, 0.1) is 25.4 Å². The third-order valence-electron chi connectivity index (χ3n) is 16.1. The van der Waals surface area contributed by atoms with Crippen LogP contribution < -0.4 is 5.32 Å². The van der Waals surface area contributed by atoms with Gasteiger partial charge in [0.1, 0.15) is 0 Å². The fourth-order valence-corrected chi connectivity index (χ4v) is 10.9. The van der Waals surface area contributed by atoms with E-state index in [0.29, 0.717) is 25.9 Å². The summed E-state index contributed by atoms with van der Waals surface area (Å²) in [7, 11) is 0. The van der Waals surface area contributed by atoms with E-state index >= 15 is 0 Å². The van der Waals surface area contributed by atoms with Crippen molar-refractivity contribution in [3.63, 3.8) is 0 Å². The molecule has 0 heterocycles. The van der Waals surface area contributed by atoms with Gasteiger partial charge >= 0.3 is 5.97 Å². The van der Waals surface area contributed by atoms with Crippen LogP contribution in [0.1, 0.15) is 386 Å². The molecule has 0 fully saturated rings. The van der Waals surface area contributed by atoms with E-state index in [2.05, 4.69) is 31.3 Å². The first-order valence-electron chi connectivity index (χ1n) is 33.9. The summed E-state index contributed by atoms with van der Waals surface area (Å²) in [5.74, 6) is -0.0173. The van der Waals surface area contributed by atoms with Gasteiger partial charge in [-0.15, -0.1) is 0 Å². The van der Waals surface area contributed by atoms with E-state index in [-0.39, 0.29) is 18.5 Å². The number of nitrogens with one attached hydrogen (secondary N) is 1. The molecule has 3 N–H and O–H groups in total. The topological polar surface area (TPSA) is 95.9 Å². The highest BCUT2D eigenvalue weighted by Crippen LogP contribution is 2.19. The lowest BCUT2D eigenvalue weighted by atomic mass is 10.0. The Bertz CT molecular complexity index is 1110. The number of amides is 1. The van der Waals surface area contributed by atoms with Crippen LogP contribution in [0.4, 0.5) is 0 Å². The predicted octanol–water partition coefficient (Wildman–Crippen LogP) is 21.6. The van der Waals surface area contributed by atoms with Crippen molar-refractivity contribution < 1.29 is 24.5 Å². The number of rotatable bonds is 64. The highest BCUT2D eigenvalue weighted by Gasteiger charge is 2.20. The molecule has 74 heavy (non-hydrogen) atoms. The lowest BCUT2D eigenvalue weighted by molar-refractivity contribution is -0.143. The zero-order valence-electron chi connectivity index (χ0n) is 50.4. The summed E-state index contributed by atoms with van der Waals surface area (Å²) in [4.78, 5) is 24.5. The van der Waals surface area contributed by atoms with Gasteiger partial charge in [0, 0.05) is 12.8 Å². The Morgan fingerprint density at radius 3 is 0.986 bits per heavy atom. The second-order valence-corrected chi connectivity index (χ2v) is 23.5. The number of esters is 1. The molecule has 6 heteroatoms. The van der Waals surface area contributed by atoms with Gasteiger partial charge in [-0.05, 0) is 51.4 Å². The van der Waals surface area contributed by atoms with Gasteiger partial charge in [0.15, 0.2) is 0 Å². The van der Waals surface area contributed by atoms with Gasteiger partial charge in [-0.3, -0.25) is 9.59 Å². The lowest BCUT2D eigenvalue weighted by Gasteiger charge is -2.22. The third kappa shape index (κ3) is 59.8. The van der Waals surface area contributed by atoms with E-state index in [1.165, 1.54) is 308 Å². The van der Waals surface area contributed by atoms with Gasteiger partial charge in [-0.2, -0.15) is 0 Å². The van der Waals surface area contributed by atoms with E-state index in [0.717, 1.165) is 44.9 Å². The number of ether oxygens (including phenoxy) is 1. The number of carbonyl (C=O) groups excluding carboxylic acids is 2. The average molecular weight is 1040 g/mol. The summed E-state index contributed by atoms with van der Waals surface area (Å²) < 4.78 is 5.47. The number of carbonyl (C=O) groups is 2. The van der Waals surface area contributed by atoms with Crippen molar-refractivity contribution in [3.8, 4) is 0 Å². The van der Waals surface area contributed by atoms with Crippen LogP contribution in [0.2, 0.25) is 0 Å². The minimum atomic E-state index is -0.660. The molecule has 0 aliphatic carbocycles. The first-order valence-corrected chi connectivity index (χ1v) is 33.9. The van der Waals surface area contributed by atoms with Gasteiger partial charge in [-0.25, -0.2) is 0 Å². The number of hydrogen-bond acceptors (Lipinski definition) is 5. The van der Waals surface area contributed by atoms with Crippen LogP contribution in [0.3, 0.4) is 0 Å². The minimum Gasteiger partial charge on any atom is -0.466 e. The second-order valence-electron chi connectivity index (χ2n) is 23.5. The standard InChI is InChI=1S/C68H133NO5/c1-3-5-7-9-11-13-15-17-34-37-40-44-48-52-56-60-66(71)65(64-70)69-67(72)61-57-53-49-45-41-38-35-32-30-28-26-24-22-20-18-19-21-23-25-27-29-31-33-36-39-43-47-51-55-59-63-74-68(73)62-58-54-50-46-42-16-14-12-10-8-6-4-2/h12,14,65-66,70-71H,3-11,13,15-64H2,1-2H3,(H,69,72)/b14-12-. The largest absolute Gasteiger partial charge is 0.466 e. The van der Waals surface area contributed by atoms with E-state index in [4.69, 9.17) is 4.74 Å². The SMILES string of the molecule is CCCCC/C=C\CCCCCCCC(=O)OCCCCCCCCCCCCCCCCCCCCCCCCCCCCCCCCC(=O)NC(CO)C(O)CCCCCCCCCCCCCCCCC. The van der Waals surface area contributed by atoms with Gasteiger partial charge in [0.2, 0.25) is 5.91 Å². The van der Waals surface area contributed by atoms with Gasteiger partial charge in [-0.1, -0.05) is 334 Å². The fourth-order valence-electron chi connectivity index (χ4n) is 10.9. The molecule has 0 saturated heterocycles. The highest BCUT2D eigenvalue weighted by atomic mass is 16.5. The van der Waals surface area contributed by atoms with Gasteiger partial charge < -0.3 is 20.3 Å². The van der Waals surface area contributed by atoms with Crippen molar-refractivity contribution in [1.29, 1.82) is 0 Å². The molecule has 0 aromatic heterocycles. The minimum absolute atomic E-state index is 0.0106. The molecule has 2 unspecified atom stereocenters. The molecule has 0 aliphatic rings. The molecule has 0 rings (SSSR count). The Kier molecular flexibility index (Phi) is 62.9. The van der Waals surface area contributed by atoms with Crippen LogP contribution >= 0.6 is 0 Å². The number of allylic oxidation sites excluding steroid dienone is 2. The van der Waals surface area contributed by atoms with Crippen molar-refractivity contribution >= 4 is 11.9 Å². The van der Waals surface area contributed by atoms with Crippen molar-refractivity contribution in [1.82, 2.24) is 5.32 Å². The normalized spacial score (nSPS) is 12.5. The molecule has 0 aliphatic heterocycles. The molecule has 0 spiro atoms. The number of hydrogen-bond donors (Lipinski definition) is 3. The first-order chi connectivity index (χ1) is 36.5. The van der Waals surface area contributed by atoms with Crippen molar-refractivity contribution in [2.45, 2.75) is 398 Å². The average Bonchev–Trinajstić information content (AvgIpc) is 3.40. The molecule has 0 aromatic rings. The second kappa shape index (κ2) is 64.1. The molecule has 440 valence electrons. The molecule has 0 bridgehead atoms. The van der Waals surface area contributed by atoms with E-state index in [1.807, 2.05) is 0 Å². The van der Waals surface area contributed by atoms with Crippen molar-refractivity contribution in [3.05, 3.63) is 12.2 Å². The molecule has 0 aromatic carbocycles. The summed E-state index contributed by atoms with van der Waals surface area (Å²) in [6.45, 7) is 4.96. The quantitative estimate of drug-likeness (QED) is 0.0320. The maximum atomic E-state index is 12.5. The summed E-state index contributed by atoms with van der Waals surface area (Å²) in [6, 6.07) is -0.537. The summed E-state index contributed by atoms with van der Waals surface area (Å²) in [5.41, 5.74) is 0. The van der Waals surface area contributed by atoms with Crippen LogP contribution in [0.15, 0.2) is 12.2 Å². The summed E-state index contributed by atoms with van der Waals surface area (Å²) in [5, 5.41) is 23.3. The monoisotopic (exact) mass is 1040 g/mol. The Morgan fingerprint density at radius 2 is 0.635 bits per heavy atom. The molecule has 2 atom stereocenters. The van der Waals surface area contributed by atoms with Gasteiger partial charge in [0.25, 0.3) is 0 Å². The lowest BCUT2D eigenvalue weighted by Crippen LogP contribution is -2.45. The van der Waals surface area contributed by atoms with Crippen molar-refractivity contribution in [2.75, 3.05) is 13.2 Å². The molecule has 6 nitrogen and oxygen atoms in total. The Balaban J connectivity index is 3.32. The maximum Gasteiger partial charge on any atom is 0.305 e. The molecule has 0 saturated carbocycles.